The number of phenols is 1. The van der Waals surface area contributed by atoms with E-state index in [9.17, 15) is 51.9 Å². The van der Waals surface area contributed by atoms with Crippen LogP contribution in [0.15, 0.2) is 184 Å². The Kier molecular flexibility index (Phi) is 20.7. The standard InChI is InChI=1S/C21H19N3O3S.C17H18ClN3O2S.C17H23N3O2S.C14H13F3N4O2S/c1-14-4-6-15(7-5-14)20(16-8-10-17(25)11-9-16)24-28(26,27)21-18-3-2-12-22-19(18)13-23-21;1-17(2,10-12-5-7-13(18)8-6-12)21-24(22,23)16-14-4-3-9-19-15(14)11-20-16;1-16(2)11-6-7-17(3,9-11)15(16)20-23(21,22)14-12-5-4-8-18-13(12)10-19-14;15-14(16,17)10(11-4-2-6-18-11)7-21-24(22,23)13-9-3-1-5-19-12(9)8-20-13/h2-12,20,24-25H,13H2,1H3;3-9,21H,10-11H2,1-2H3;4-5,8,11,15,20H,6-7,9-10H2,1-3H3;1-6,10,18,21H,7-8H2/t;;11?,15?,17-;/m..1./s1. The molecule has 6 aliphatic rings. The fourth-order valence-corrected chi connectivity index (χ4v) is 19.5. The molecule has 2 aliphatic carbocycles. The topological polar surface area (TPSA) is 322 Å². The van der Waals surface area contributed by atoms with Crippen LogP contribution in [0, 0.1) is 23.7 Å². The molecule has 2 saturated carbocycles. The summed E-state index contributed by atoms with van der Waals surface area (Å²) in [6, 6.07) is 37.0. The highest BCUT2D eigenvalue weighted by atomic mass is 35.5. The van der Waals surface area contributed by atoms with E-state index in [2.05, 4.69) is 79.8 Å². The normalized spacial score (nSPS) is 19.4. The highest BCUT2D eigenvalue weighted by Crippen LogP contribution is 2.62. The molecule has 2 bridgehead atoms. The van der Waals surface area contributed by atoms with E-state index in [0.29, 0.717) is 69.8 Å². The van der Waals surface area contributed by atoms with Crippen molar-refractivity contribution in [2.75, 3.05) is 6.54 Å². The molecule has 0 saturated heterocycles. The van der Waals surface area contributed by atoms with Crippen LogP contribution in [0.5, 0.6) is 5.75 Å². The number of nitrogens with one attached hydrogen (secondary N) is 5. The number of aromatic amines is 1. The summed E-state index contributed by atoms with van der Waals surface area (Å²) < 4.78 is 153. The summed E-state index contributed by atoms with van der Waals surface area (Å²) in [6.07, 6.45) is 7.16. The predicted molar refractivity (Wildman–Crippen MR) is 374 cm³/mol. The second kappa shape index (κ2) is 28.4. The van der Waals surface area contributed by atoms with Crippen molar-refractivity contribution in [1.29, 1.82) is 0 Å². The van der Waals surface area contributed by atoms with E-state index in [1.165, 1.54) is 49.1 Å². The lowest BCUT2D eigenvalue weighted by molar-refractivity contribution is -0.149. The lowest BCUT2D eigenvalue weighted by Gasteiger charge is -2.42. The summed E-state index contributed by atoms with van der Waals surface area (Å²) in [4.78, 5) is 35.6. The van der Waals surface area contributed by atoms with Gasteiger partial charge in [0.1, 0.15) is 11.7 Å². The van der Waals surface area contributed by atoms with Gasteiger partial charge in [-0.15, -0.1) is 0 Å². The Morgan fingerprint density at radius 3 is 1.49 bits per heavy atom. The van der Waals surface area contributed by atoms with Crippen LogP contribution >= 0.6 is 11.6 Å². The first kappa shape index (κ1) is 72.0. The monoisotopic (exact) mass is 1450 g/mol. The SMILES string of the molecule is CC(C)(Cc1ccc(Cl)cc1)NS(=O)(=O)C1=NCc2ncccc21.CC1(C)C2CC[C@](C)(C2)C1NS(=O)(=O)C1=NCc2ncccc21.Cc1ccc(C(NS(=O)(=O)C2=NCc3ncccc32)c2ccc(O)cc2)cc1.O=S(=O)(NCC(c1ccc[nH]1)C(F)(F)F)C1=NCc2ncccc21. The number of pyridine rings is 4. The molecule has 5 atom stereocenters. The van der Waals surface area contributed by atoms with Crippen LogP contribution in [0.1, 0.15) is 139 Å². The van der Waals surface area contributed by atoms with Crippen LogP contribution in [-0.4, -0.2) is 108 Å². The first-order chi connectivity index (χ1) is 46.7. The Morgan fingerprint density at radius 1 is 0.596 bits per heavy atom. The maximum Gasteiger partial charge on any atom is 0.398 e. The number of aliphatic imine (C=N–C) groups is 4. The van der Waals surface area contributed by atoms with Gasteiger partial charge >= 0.3 is 6.18 Å². The van der Waals surface area contributed by atoms with Crippen molar-refractivity contribution in [2.45, 2.75) is 123 Å². The number of aromatic hydroxyl groups is 1. The molecule has 5 aromatic heterocycles. The fourth-order valence-electron chi connectivity index (χ4n) is 13.4. The Morgan fingerprint density at radius 2 is 1.05 bits per heavy atom. The summed E-state index contributed by atoms with van der Waals surface area (Å²) in [5.41, 5.74) is 7.48. The van der Waals surface area contributed by atoms with Crippen molar-refractivity contribution in [1.82, 2.24) is 43.8 Å². The molecule has 4 unspecified atom stereocenters. The number of hydrogen-bond acceptors (Lipinski definition) is 17. The molecular weight excluding hydrogens is 1380 g/mol. The first-order valence-corrected chi connectivity index (χ1v) is 37.9. The number of aryl methyl sites for hydroxylation is 1. The van der Waals surface area contributed by atoms with Crippen LogP contribution < -0.4 is 18.9 Å². The molecule has 6 N–H and O–H groups in total. The van der Waals surface area contributed by atoms with Crippen LogP contribution in [0.3, 0.4) is 0 Å². The van der Waals surface area contributed by atoms with Gasteiger partial charge in [-0.3, -0.25) is 39.9 Å². The lowest BCUT2D eigenvalue weighted by atomic mass is 9.69. The highest BCUT2D eigenvalue weighted by Gasteiger charge is 2.60. The molecule has 8 aromatic rings. The Labute approximate surface area is 578 Å². The molecule has 4 aliphatic heterocycles. The second-order valence-corrected chi connectivity index (χ2v) is 33.3. The molecule has 0 amide bonds. The highest BCUT2D eigenvalue weighted by molar-refractivity contribution is 8.06. The zero-order chi connectivity index (χ0) is 70.9. The number of phenolic OH excluding ortho intramolecular Hbond substituents is 1. The van der Waals surface area contributed by atoms with Crippen molar-refractivity contribution in [3.05, 3.63) is 242 Å². The Hall–Kier alpha value is -8.26. The third kappa shape index (κ3) is 16.2. The molecule has 30 heteroatoms. The van der Waals surface area contributed by atoms with Crippen LogP contribution in [-0.2, 0) is 72.7 Å². The zero-order valence-corrected chi connectivity index (χ0v) is 58.7. The molecule has 0 radical (unpaired) electrons. The number of nitrogens with zero attached hydrogens (tertiary/aromatic N) is 8. The van der Waals surface area contributed by atoms with Gasteiger partial charge in [0.15, 0.2) is 20.2 Å². The third-order valence-corrected chi connectivity index (χ3v) is 24.4. The van der Waals surface area contributed by atoms with E-state index < -0.39 is 70.3 Å². The molecule has 2 fully saturated rings. The summed E-state index contributed by atoms with van der Waals surface area (Å²) >= 11 is 5.89. The van der Waals surface area contributed by atoms with Crippen molar-refractivity contribution < 1.29 is 51.9 Å². The van der Waals surface area contributed by atoms with E-state index >= 15 is 0 Å². The Bertz CT molecular complexity index is 4880. The smallest absolute Gasteiger partial charge is 0.398 e. The minimum absolute atomic E-state index is 0.00601. The van der Waals surface area contributed by atoms with Gasteiger partial charge in [-0.1, -0.05) is 86.5 Å². The van der Waals surface area contributed by atoms with Gasteiger partial charge in [-0.25, -0.2) is 47.8 Å². The molecule has 520 valence electrons. The molecule has 0 spiro atoms. The van der Waals surface area contributed by atoms with Gasteiger partial charge in [0.05, 0.1) is 55.0 Å². The van der Waals surface area contributed by atoms with Gasteiger partial charge < -0.3 is 10.1 Å². The van der Waals surface area contributed by atoms with E-state index in [1.807, 2.05) is 61.9 Å². The average molecular weight is 1450 g/mol. The van der Waals surface area contributed by atoms with Crippen LogP contribution in [0.4, 0.5) is 13.2 Å². The maximum absolute atomic E-state index is 13.2. The van der Waals surface area contributed by atoms with Crippen molar-refractivity contribution in [2.24, 2.45) is 36.7 Å². The number of H-pyrrole nitrogens is 1. The van der Waals surface area contributed by atoms with E-state index in [0.717, 1.165) is 40.8 Å². The summed E-state index contributed by atoms with van der Waals surface area (Å²) in [5, 5.41) is 10.2. The number of halogens is 4. The van der Waals surface area contributed by atoms with Gasteiger partial charge in [-0.05, 0) is 165 Å². The summed E-state index contributed by atoms with van der Waals surface area (Å²) in [5.74, 6) is -1.26. The quantitative estimate of drug-likeness (QED) is 0.0591. The number of alkyl halides is 3. The van der Waals surface area contributed by atoms with E-state index in [-0.39, 0.29) is 61.6 Å². The number of sulfonamides is 4. The van der Waals surface area contributed by atoms with Crippen LogP contribution in [0.25, 0.3) is 0 Å². The first-order valence-electron chi connectivity index (χ1n) is 31.6. The zero-order valence-electron chi connectivity index (χ0n) is 54.7. The molecule has 9 heterocycles. The average Bonchev–Trinajstić information content (AvgIpc) is 1.55. The van der Waals surface area contributed by atoms with Crippen molar-refractivity contribution >= 4 is 71.9 Å². The van der Waals surface area contributed by atoms with Crippen LogP contribution in [0.2, 0.25) is 5.02 Å². The lowest BCUT2D eigenvalue weighted by Crippen LogP contribution is -2.53. The second-order valence-electron chi connectivity index (χ2n) is 26.4. The molecule has 3 aromatic carbocycles. The number of hydrogen-bond donors (Lipinski definition) is 6. The van der Waals surface area contributed by atoms with Gasteiger partial charge in [0, 0.05) is 82.1 Å². The summed E-state index contributed by atoms with van der Waals surface area (Å²) in [6.45, 7) is 12.4. The predicted octanol–water partition coefficient (Wildman–Crippen LogP) is 10.4. The van der Waals surface area contributed by atoms with Gasteiger partial charge in [0.25, 0.3) is 40.1 Å². The molecule has 22 nitrogen and oxygen atoms in total. The van der Waals surface area contributed by atoms with Gasteiger partial charge in [0.2, 0.25) is 0 Å². The third-order valence-electron chi connectivity index (χ3n) is 18.3. The Balaban J connectivity index is 0.000000134. The largest absolute Gasteiger partial charge is 0.508 e. The summed E-state index contributed by atoms with van der Waals surface area (Å²) in [7, 11) is -15.4. The number of rotatable bonds is 14. The maximum atomic E-state index is 13.2. The number of benzene rings is 3. The molecule has 14 rings (SSSR count). The fraction of sp³-hybridized carbons (Fsp3) is 0.333. The van der Waals surface area contributed by atoms with E-state index in [4.69, 9.17) is 11.6 Å². The number of fused-ring (bicyclic) bond motifs is 6. The van der Waals surface area contributed by atoms with Crippen molar-refractivity contribution in [3.8, 4) is 5.75 Å². The molecular formula is C69H73ClF3N13O9S4. The van der Waals surface area contributed by atoms with Crippen molar-refractivity contribution in [3.63, 3.8) is 0 Å². The van der Waals surface area contributed by atoms with E-state index in [1.54, 1.807) is 85.3 Å². The minimum atomic E-state index is -4.59. The minimum Gasteiger partial charge on any atom is -0.508 e. The number of aromatic nitrogens is 5. The molecule has 99 heavy (non-hydrogen) atoms. The van der Waals surface area contributed by atoms with Gasteiger partial charge in [-0.2, -0.15) is 17.9 Å².